The predicted molar refractivity (Wildman–Crippen MR) is 136 cm³/mol. The van der Waals surface area contributed by atoms with E-state index >= 15 is 0 Å². The Hall–Kier alpha value is -3.01. The van der Waals surface area contributed by atoms with E-state index in [0.717, 1.165) is 6.07 Å². The van der Waals surface area contributed by atoms with Gasteiger partial charge in [-0.2, -0.15) is 13.2 Å². The maximum absolute atomic E-state index is 14.9. The lowest BCUT2D eigenvalue weighted by molar-refractivity contribution is -0.228. The van der Waals surface area contributed by atoms with Gasteiger partial charge in [-0.1, -0.05) is 30.3 Å². The van der Waals surface area contributed by atoms with E-state index < -0.39 is 58.1 Å². The molecule has 1 saturated heterocycles. The van der Waals surface area contributed by atoms with Gasteiger partial charge in [0.05, 0.1) is 5.92 Å². The number of carboxylic acids is 1. The van der Waals surface area contributed by atoms with E-state index in [9.17, 15) is 41.8 Å². The van der Waals surface area contributed by atoms with E-state index in [1.165, 1.54) is 24.3 Å². The van der Waals surface area contributed by atoms with Gasteiger partial charge in [0.15, 0.2) is 0 Å². The number of amides is 1. The van der Waals surface area contributed by atoms with Crippen LogP contribution in [0.15, 0.2) is 42.5 Å². The SMILES string of the molecule is CC(F)(c1ccc2c(c1)CCC1N(C(=O)[C@]3(O)CC[C@@H](C(=O)O)CC3)CCC21Cc1cccc(F)c1)C(F)(F)F. The third kappa shape index (κ3) is 4.67. The van der Waals surface area contributed by atoms with Gasteiger partial charge in [0, 0.05) is 18.0 Å². The molecular weight excluding hydrogens is 533 g/mol. The van der Waals surface area contributed by atoms with E-state index in [1.807, 2.05) is 0 Å². The van der Waals surface area contributed by atoms with Crippen molar-refractivity contribution in [2.24, 2.45) is 5.92 Å². The van der Waals surface area contributed by atoms with Crippen molar-refractivity contribution < 1.29 is 41.8 Å². The van der Waals surface area contributed by atoms with Gasteiger partial charge in [-0.05, 0) is 92.7 Å². The number of alkyl halides is 4. The van der Waals surface area contributed by atoms with Gasteiger partial charge in [-0.25, -0.2) is 8.78 Å². The van der Waals surface area contributed by atoms with Crippen LogP contribution in [-0.4, -0.2) is 51.4 Å². The Kier molecular flexibility index (Phi) is 7.00. The quantitative estimate of drug-likeness (QED) is 0.463. The molecule has 1 heterocycles. The van der Waals surface area contributed by atoms with E-state index in [2.05, 4.69) is 0 Å². The Morgan fingerprint density at radius 3 is 2.35 bits per heavy atom. The maximum atomic E-state index is 14.9. The molecule has 3 aliphatic rings. The molecule has 3 atom stereocenters. The molecule has 40 heavy (non-hydrogen) atoms. The number of aliphatic carboxylic acids is 1. The summed E-state index contributed by atoms with van der Waals surface area (Å²) in [5.74, 6) is -2.49. The van der Waals surface area contributed by atoms with Crippen LogP contribution in [0.1, 0.15) is 67.7 Å². The number of carbonyl (C=O) groups excluding carboxylic acids is 1. The molecule has 1 aliphatic heterocycles. The minimum atomic E-state index is -5.09. The van der Waals surface area contributed by atoms with Crippen LogP contribution in [0.25, 0.3) is 0 Å². The van der Waals surface area contributed by atoms with Gasteiger partial charge in [0.25, 0.3) is 5.91 Å². The van der Waals surface area contributed by atoms with E-state index in [0.29, 0.717) is 49.3 Å². The Morgan fingerprint density at radius 1 is 1.02 bits per heavy atom. The minimum absolute atomic E-state index is 0.0232. The van der Waals surface area contributed by atoms with E-state index in [1.54, 1.807) is 17.0 Å². The number of aliphatic hydroxyl groups is 1. The van der Waals surface area contributed by atoms with E-state index in [-0.39, 0.29) is 32.2 Å². The molecule has 2 aliphatic carbocycles. The highest BCUT2D eigenvalue weighted by molar-refractivity contribution is 5.86. The Balaban J connectivity index is 1.52. The largest absolute Gasteiger partial charge is 0.481 e. The van der Waals surface area contributed by atoms with Crippen molar-refractivity contribution in [2.45, 2.75) is 87.2 Å². The number of halogens is 5. The zero-order chi connectivity index (χ0) is 29.1. The lowest BCUT2D eigenvalue weighted by Crippen LogP contribution is -2.56. The smallest absolute Gasteiger partial charge is 0.426 e. The fraction of sp³-hybridized carbons (Fsp3) is 0.533. The molecule has 1 saturated carbocycles. The average molecular weight is 566 g/mol. The van der Waals surface area contributed by atoms with Crippen molar-refractivity contribution in [3.05, 3.63) is 70.5 Å². The van der Waals surface area contributed by atoms with Crippen LogP contribution in [-0.2, 0) is 33.5 Å². The zero-order valence-corrected chi connectivity index (χ0v) is 22.1. The summed E-state index contributed by atoms with van der Waals surface area (Å²) in [6.45, 7) is 0.771. The summed E-state index contributed by atoms with van der Waals surface area (Å²) < 4.78 is 69.4. The fourth-order valence-corrected chi connectivity index (χ4v) is 7.10. The third-order valence-electron chi connectivity index (χ3n) is 9.45. The second-order valence-electron chi connectivity index (χ2n) is 11.8. The number of hydrogen-bond acceptors (Lipinski definition) is 3. The van der Waals surface area contributed by atoms with Crippen LogP contribution in [0.5, 0.6) is 0 Å². The number of benzene rings is 2. The molecule has 216 valence electrons. The number of likely N-dealkylation sites (tertiary alicyclic amines) is 1. The first-order valence-corrected chi connectivity index (χ1v) is 13.6. The van der Waals surface area contributed by atoms with Crippen LogP contribution in [0.4, 0.5) is 22.0 Å². The molecule has 2 aromatic rings. The minimum Gasteiger partial charge on any atom is -0.481 e. The highest BCUT2D eigenvalue weighted by Gasteiger charge is 2.57. The molecule has 0 aromatic heterocycles. The molecule has 3 unspecified atom stereocenters. The van der Waals surface area contributed by atoms with Gasteiger partial charge >= 0.3 is 12.1 Å². The Morgan fingerprint density at radius 2 is 1.73 bits per heavy atom. The average Bonchev–Trinajstić information content (AvgIpc) is 3.26. The molecule has 1 amide bonds. The summed E-state index contributed by atoms with van der Waals surface area (Å²) >= 11 is 0. The molecule has 2 aromatic carbocycles. The standard InChI is InChI=1S/C30H32F5NO4/c1-27(32,30(33,34)35)21-6-7-23-20(16-21)5-8-24-28(23,17-18-3-2-4-22(31)15-18)13-14-36(24)26(39)29(40)11-9-19(10-12-29)25(37)38/h2-4,6-7,15-16,19,24,40H,5,8-14,17H2,1H3,(H,37,38)/t19-,24?,27?,28?,29+. The second-order valence-corrected chi connectivity index (χ2v) is 11.8. The summed E-state index contributed by atoms with van der Waals surface area (Å²) in [5, 5.41) is 20.6. The number of carboxylic acid groups (broad SMARTS) is 1. The Labute approximate surface area is 229 Å². The van der Waals surface area contributed by atoms with Gasteiger partial charge in [-0.3, -0.25) is 9.59 Å². The molecule has 0 spiro atoms. The van der Waals surface area contributed by atoms with Crippen molar-refractivity contribution >= 4 is 11.9 Å². The van der Waals surface area contributed by atoms with Crippen LogP contribution < -0.4 is 0 Å². The van der Waals surface area contributed by atoms with Crippen LogP contribution in [0.2, 0.25) is 0 Å². The van der Waals surface area contributed by atoms with Crippen molar-refractivity contribution in [1.29, 1.82) is 0 Å². The maximum Gasteiger partial charge on any atom is 0.426 e. The molecule has 5 rings (SSSR count). The van der Waals surface area contributed by atoms with Crippen LogP contribution in [0, 0.1) is 11.7 Å². The van der Waals surface area contributed by atoms with Crippen molar-refractivity contribution in [3.63, 3.8) is 0 Å². The zero-order valence-electron chi connectivity index (χ0n) is 22.1. The number of nitrogens with zero attached hydrogens (tertiary/aromatic N) is 1. The predicted octanol–water partition coefficient (Wildman–Crippen LogP) is 5.61. The third-order valence-corrected chi connectivity index (χ3v) is 9.45. The molecule has 10 heteroatoms. The number of aryl methyl sites for hydroxylation is 1. The summed E-state index contributed by atoms with van der Waals surface area (Å²) in [6.07, 6.45) is -3.29. The van der Waals surface area contributed by atoms with Gasteiger partial charge in [-0.15, -0.1) is 0 Å². The van der Waals surface area contributed by atoms with Crippen molar-refractivity contribution in [2.75, 3.05) is 6.54 Å². The number of hydrogen-bond donors (Lipinski definition) is 2. The highest BCUT2D eigenvalue weighted by atomic mass is 19.4. The van der Waals surface area contributed by atoms with E-state index in [4.69, 9.17) is 0 Å². The Bertz CT molecular complexity index is 1320. The first kappa shape index (κ1) is 28.5. The fourth-order valence-electron chi connectivity index (χ4n) is 7.10. The summed E-state index contributed by atoms with van der Waals surface area (Å²) in [6, 6.07) is 9.52. The van der Waals surface area contributed by atoms with Gasteiger partial charge in [0.2, 0.25) is 5.67 Å². The number of rotatable bonds is 5. The van der Waals surface area contributed by atoms with Crippen molar-refractivity contribution in [1.82, 2.24) is 4.90 Å². The molecular formula is C30H32F5NO4. The molecule has 5 nitrogen and oxygen atoms in total. The first-order chi connectivity index (χ1) is 18.7. The van der Waals surface area contributed by atoms with Crippen LogP contribution in [0.3, 0.4) is 0 Å². The lowest BCUT2D eigenvalue weighted by atomic mass is 9.63. The normalized spacial score (nSPS) is 29.8. The molecule has 0 radical (unpaired) electrons. The molecule has 0 bridgehead atoms. The van der Waals surface area contributed by atoms with Gasteiger partial charge in [0.1, 0.15) is 11.4 Å². The lowest BCUT2D eigenvalue weighted by Gasteiger charge is -2.46. The summed E-state index contributed by atoms with van der Waals surface area (Å²) in [4.78, 5) is 26.8. The summed E-state index contributed by atoms with van der Waals surface area (Å²) in [5.41, 5.74) is -4.59. The number of fused-ring (bicyclic) bond motifs is 3. The summed E-state index contributed by atoms with van der Waals surface area (Å²) in [7, 11) is 0. The molecule has 2 N–H and O–H groups in total. The monoisotopic (exact) mass is 565 g/mol. The highest BCUT2D eigenvalue weighted by Crippen LogP contribution is 2.52. The first-order valence-electron chi connectivity index (χ1n) is 13.6. The topological polar surface area (TPSA) is 77.8 Å². The molecule has 2 fully saturated rings. The van der Waals surface area contributed by atoms with Crippen molar-refractivity contribution in [3.8, 4) is 0 Å². The number of carbonyl (C=O) groups is 2. The second kappa shape index (κ2) is 9.82. The van der Waals surface area contributed by atoms with Gasteiger partial charge < -0.3 is 15.1 Å². The van der Waals surface area contributed by atoms with Crippen LogP contribution >= 0.6 is 0 Å².